The summed E-state index contributed by atoms with van der Waals surface area (Å²) in [4.78, 5) is 32.3. The molecule has 4 rings (SSSR count). The van der Waals surface area contributed by atoms with Gasteiger partial charge in [-0.3, -0.25) is 9.59 Å². The van der Waals surface area contributed by atoms with Gasteiger partial charge < -0.3 is 21.1 Å². The first-order chi connectivity index (χ1) is 15.0. The van der Waals surface area contributed by atoms with Gasteiger partial charge in [-0.05, 0) is 54.8 Å². The summed E-state index contributed by atoms with van der Waals surface area (Å²) in [6.45, 7) is 0.406. The van der Waals surface area contributed by atoms with Crippen LogP contribution in [0, 0.1) is 0 Å². The van der Waals surface area contributed by atoms with E-state index in [-0.39, 0.29) is 11.5 Å². The molecule has 4 N–H and O–H groups in total. The zero-order chi connectivity index (χ0) is 21.8. The number of methoxy groups -OCH3 is 1. The predicted molar refractivity (Wildman–Crippen MR) is 116 cm³/mol. The summed E-state index contributed by atoms with van der Waals surface area (Å²) in [5.41, 5.74) is 7.61. The van der Waals surface area contributed by atoms with Crippen molar-refractivity contribution in [2.75, 3.05) is 12.4 Å². The molecule has 1 aliphatic carbocycles. The molecule has 1 aliphatic rings. The Kier molecular flexibility index (Phi) is 5.53. The van der Waals surface area contributed by atoms with Gasteiger partial charge >= 0.3 is 0 Å². The van der Waals surface area contributed by atoms with Gasteiger partial charge in [-0.25, -0.2) is 9.97 Å². The van der Waals surface area contributed by atoms with Gasteiger partial charge in [0, 0.05) is 30.3 Å². The standard InChI is InChI=1S/C23H23N5O3/c1-31-19-8-6-18(7-9-19)28-17-4-2-15(3-5-17)12-27-22(30)23(10-11-23)21-25-13-16(14-26-21)20(24)29/h2-9,13-14,28H,10-12H2,1H3,(H2,24,29)(H,27,30). The molecule has 3 aromatic rings. The number of nitrogens with two attached hydrogens (primary N) is 1. The summed E-state index contributed by atoms with van der Waals surface area (Å²) in [7, 11) is 1.64. The first kappa shape index (κ1) is 20.3. The molecule has 0 spiro atoms. The number of nitrogens with one attached hydrogen (secondary N) is 2. The van der Waals surface area contributed by atoms with E-state index in [0.29, 0.717) is 25.2 Å². The Hall–Kier alpha value is -3.94. The maximum absolute atomic E-state index is 12.8. The second-order valence-corrected chi connectivity index (χ2v) is 7.47. The van der Waals surface area contributed by atoms with Crippen LogP contribution in [-0.4, -0.2) is 28.9 Å². The van der Waals surface area contributed by atoms with Crippen LogP contribution < -0.4 is 21.1 Å². The Morgan fingerprint density at radius 1 is 1.00 bits per heavy atom. The van der Waals surface area contributed by atoms with Gasteiger partial charge in [-0.2, -0.15) is 0 Å². The number of rotatable bonds is 8. The molecule has 8 heteroatoms. The molecular formula is C23H23N5O3. The third-order valence-electron chi connectivity index (χ3n) is 5.33. The van der Waals surface area contributed by atoms with E-state index in [1.807, 2.05) is 48.5 Å². The minimum atomic E-state index is -0.716. The van der Waals surface area contributed by atoms with Crippen molar-refractivity contribution in [2.45, 2.75) is 24.8 Å². The zero-order valence-electron chi connectivity index (χ0n) is 17.1. The van der Waals surface area contributed by atoms with E-state index in [4.69, 9.17) is 10.5 Å². The van der Waals surface area contributed by atoms with Gasteiger partial charge in [-0.1, -0.05) is 12.1 Å². The molecule has 0 unspecified atom stereocenters. The Bertz CT molecular complexity index is 1080. The number of amides is 2. The fourth-order valence-corrected chi connectivity index (χ4v) is 3.28. The van der Waals surface area contributed by atoms with Crippen LogP contribution in [0.2, 0.25) is 0 Å². The van der Waals surface area contributed by atoms with Crippen molar-refractivity contribution in [2.24, 2.45) is 5.73 Å². The fraction of sp³-hybridized carbons (Fsp3) is 0.217. The van der Waals surface area contributed by atoms with E-state index >= 15 is 0 Å². The van der Waals surface area contributed by atoms with Crippen molar-refractivity contribution in [3.8, 4) is 5.75 Å². The van der Waals surface area contributed by atoms with E-state index in [1.165, 1.54) is 12.4 Å². The van der Waals surface area contributed by atoms with Crippen molar-refractivity contribution in [3.05, 3.63) is 77.9 Å². The summed E-state index contributed by atoms with van der Waals surface area (Å²) < 4.78 is 5.16. The smallest absolute Gasteiger partial charge is 0.251 e. The molecule has 1 heterocycles. The van der Waals surface area contributed by atoms with Crippen LogP contribution in [0.25, 0.3) is 0 Å². The Labute approximate surface area is 179 Å². The number of nitrogens with zero attached hydrogens (tertiary/aromatic N) is 2. The predicted octanol–water partition coefficient (Wildman–Crippen LogP) is 2.68. The van der Waals surface area contributed by atoms with Crippen LogP contribution in [0.5, 0.6) is 5.75 Å². The molecule has 31 heavy (non-hydrogen) atoms. The molecule has 0 radical (unpaired) electrons. The van der Waals surface area contributed by atoms with Gasteiger partial charge in [0.25, 0.3) is 5.91 Å². The molecule has 0 bridgehead atoms. The van der Waals surface area contributed by atoms with E-state index in [1.54, 1.807) is 7.11 Å². The summed E-state index contributed by atoms with van der Waals surface area (Å²) in [6, 6.07) is 15.5. The maximum Gasteiger partial charge on any atom is 0.251 e. The average molecular weight is 417 g/mol. The molecule has 0 saturated heterocycles. The average Bonchev–Trinajstić information content (AvgIpc) is 3.61. The molecular weight excluding hydrogens is 394 g/mol. The number of ether oxygens (including phenoxy) is 1. The lowest BCUT2D eigenvalue weighted by molar-refractivity contribution is -0.123. The summed E-state index contributed by atoms with van der Waals surface area (Å²) in [5.74, 6) is 0.527. The number of aromatic nitrogens is 2. The first-order valence-corrected chi connectivity index (χ1v) is 9.91. The highest BCUT2D eigenvalue weighted by Crippen LogP contribution is 2.46. The van der Waals surface area contributed by atoms with Crippen LogP contribution >= 0.6 is 0 Å². The van der Waals surface area contributed by atoms with Crippen molar-refractivity contribution in [1.29, 1.82) is 0 Å². The third kappa shape index (κ3) is 4.48. The van der Waals surface area contributed by atoms with Gasteiger partial charge in [0.1, 0.15) is 17.0 Å². The third-order valence-corrected chi connectivity index (χ3v) is 5.33. The highest BCUT2D eigenvalue weighted by atomic mass is 16.5. The number of anilines is 2. The summed E-state index contributed by atoms with van der Waals surface area (Å²) >= 11 is 0. The molecule has 0 aliphatic heterocycles. The van der Waals surface area contributed by atoms with Gasteiger partial charge in [-0.15, -0.1) is 0 Å². The monoisotopic (exact) mass is 417 g/mol. The minimum Gasteiger partial charge on any atom is -0.497 e. The lowest BCUT2D eigenvalue weighted by Gasteiger charge is -2.14. The molecule has 1 fully saturated rings. The molecule has 1 aromatic heterocycles. The minimum absolute atomic E-state index is 0.111. The first-order valence-electron chi connectivity index (χ1n) is 9.91. The van der Waals surface area contributed by atoms with Crippen molar-refractivity contribution < 1.29 is 14.3 Å². The van der Waals surface area contributed by atoms with Gasteiger partial charge in [0.2, 0.25) is 5.91 Å². The van der Waals surface area contributed by atoms with E-state index in [9.17, 15) is 9.59 Å². The van der Waals surface area contributed by atoms with Crippen molar-refractivity contribution >= 4 is 23.2 Å². The number of carbonyl (C=O) groups is 2. The highest BCUT2D eigenvalue weighted by molar-refractivity contribution is 5.92. The highest BCUT2D eigenvalue weighted by Gasteiger charge is 2.53. The van der Waals surface area contributed by atoms with Crippen LogP contribution in [0.1, 0.15) is 34.6 Å². The molecule has 0 atom stereocenters. The number of carbonyl (C=O) groups excluding carboxylic acids is 2. The largest absolute Gasteiger partial charge is 0.497 e. The van der Waals surface area contributed by atoms with Crippen LogP contribution in [0.3, 0.4) is 0 Å². The quantitative estimate of drug-likeness (QED) is 0.518. The maximum atomic E-state index is 12.8. The van der Waals surface area contributed by atoms with Crippen LogP contribution in [-0.2, 0) is 16.8 Å². The molecule has 8 nitrogen and oxygen atoms in total. The molecule has 2 aromatic carbocycles. The Balaban J connectivity index is 1.34. The topological polar surface area (TPSA) is 119 Å². The molecule has 158 valence electrons. The SMILES string of the molecule is COc1ccc(Nc2ccc(CNC(=O)C3(c4ncc(C(N)=O)cn4)CC3)cc2)cc1. The number of primary amides is 1. The molecule has 1 saturated carbocycles. The van der Waals surface area contributed by atoms with Gasteiger partial charge in [0.15, 0.2) is 0 Å². The fourth-order valence-electron chi connectivity index (χ4n) is 3.28. The summed E-state index contributed by atoms with van der Waals surface area (Å²) in [6.07, 6.45) is 4.10. The van der Waals surface area contributed by atoms with Crippen molar-refractivity contribution in [1.82, 2.24) is 15.3 Å². The lowest BCUT2D eigenvalue weighted by atomic mass is 10.0. The second-order valence-electron chi connectivity index (χ2n) is 7.47. The van der Waals surface area contributed by atoms with Gasteiger partial charge in [0.05, 0.1) is 12.7 Å². The van der Waals surface area contributed by atoms with Crippen LogP contribution in [0.15, 0.2) is 60.9 Å². The molecule has 2 amide bonds. The lowest BCUT2D eigenvalue weighted by Crippen LogP contribution is -2.35. The number of hydrogen-bond acceptors (Lipinski definition) is 6. The van der Waals surface area contributed by atoms with E-state index in [2.05, 4.69) is 20.6 Å². The number of benzene rings is 2. The van der Waals surface area contributed by atoms with Crippen molar-refractivity contribution in [3.63, 3.8) is 0 Å². The van der Waals surface area contributed by atoms with E-state index in [0.717, 1.165) is 22.7 Å². The summed E-state index contributed by atoms with van der Waals surface area (Å²) in [5, 5.41) is 6.30. The normalized spacial score (nSPS) is 13.8. The Morgan fingerprint density at radius 3 is 2.10 bits per heavy atom. The number of hydrogen-bond donors (Lipinski definition) is 3. The second kappa shape index (κ2) is 8.43. The van der Waals surface area contributed by atoms with E-state index < -0.39 is 11.3 Å². The van der Waals surface area contributed by atoms with Crippen LogP contribution in [0.4, 0.5) is 11.4 Å². The Morgan fingerprint density at radius 2 is 1.58 bits per heavy atom. The zero-order valence-corrected chi connectivity index (χ0v) is 17.1.